The average Bonchev–Trinajstić information content (AvgIpc) is 2.63. The molecule has 25 heavy (non-hydrogen) atoms. The lowest BCUT2D eigenvalue weighted by atomic mass is 10.1. The average molecular weight is 346 g/mol. The Hall–Kier alpha value is -1.90. The van der Waals surface area contributed by atoms with Crippen molar-refractivity contribution in [2.45, 2.75) is 81.7 Å². The van der Waals surface area contributed by atoms with E-state index >= 15 is 0 Å². The molecule has 0 saturated carbocycles. The third kappa shape index (κ3) is 10.5. The molecule has 0 bridgehead atoms. The predicted octanol–water partition coefficient (Wildman–Crippen LogP) is 7.04. The number of aromatic nitrogens is 2. The molecule has 0 aliphatic rings. The molecule has 0 aliphatic heterocycles. The smallest absolute Gasteiger partial charge is 0.223 e. The summed E-state index contributed by atoms with van der Waals surface area (Å²) < 4.78 is 0. The SMILES string of the molecule is CC.CC.CCC.Cc1ccc(C(C)Nc2ncc(C)c(C)n2)cc1. The van der Waals surface area contributed by atoms with Gasteiger partial charge in [0.25, 0.3) is 0 Å². The highest BCUT2D eigenvalue weighted by molar-refractivity contribution is 5.34. The normalized spacial score (nSPS) is 10.0. The summed E-state index contributed by atoms with van der Waals surface area (Å²) in [6.07, 6.45) is 3.10. The summed E-state index contributed by atoms with van der Waals surface area (Å²) in [5, 5.41) is 3.32. The Labute approximate surface area is 156 Å². The fourth-order valence-electron chi connectivity index (χ4n) is 1.73. The zero-order valence-corrected chi connectivity index (χ0v) is 18.1. The molecule has 1 aromatic heterocycles. The van der Waals surface area contributed by atoms with Gasteiger partial charge in [-0.25, -0.2) is 9.97 Å². The van der Waals surface area contributed by atoms with Crippen molar-refractivity contribution in [1.29, 1.82) is 0 Å². The molecule has 3 nitrogen and oxygen atoms in total. The summed E-state index contributed by atoms with van der Waals surface area (Å²) in [5.41, 5.74) is 4.64. The Morgan fingerprint density at radius 1 is 0.920 bits per heavy atom. The second kappa shape index (κ2) is 15.6. The summed E-state index contributed by atoms with van der Waals surface area (Å²) in [6.45, 7) is 20.5. The van der Waals surface area contributed by atoms with Crippen molar-refractivity contribution in [2.75, 3.05) is 5.32 Å². The van der Waals surface area contributed by atoms with E-state index in [1.165, 1.54) is 17.5 Å². The lowest BCUT2D eigenvalue weighted by Crippen LogP contribution is -2.10. The van der Waals surface area contributed by atoms with Gasteiger partial charge in [-0.05, 0) is 38.8 Å². The van der Waals surface area contributed by atoms with Gasteiger partial charge in [0.05, 0.1) is 6.04 Å². The summed E-state index contributed by atoms with van der Waals surface area (Å²) in [6, 6.07) is 8.71. The molecular formula is C22H39N3. The quantitative estimate of drug-likeness (QED) is 0.648. The highest BCUT2D eigenvalue weighted by atomic mass is 15.1. The number of aryl methyl sites for hydroxylation is 3. The van der Waals surface area contributed by atoms with Gasteiger partial charge in [0.15, 0.2) is 0 Å². The molecule has 3 heteroatoms. The van der Waals surface area contributed by atoms with E-state index in [-0.39, 0.29) is 6.04 Å². The molecule has 1 N–H and O–H groups in total. The van der Waals surface area contributed by atoms with Gasteiger partial charge in [0, 0.05) is 11.9 Å². The largest absolute Gasteiger partial charge is 0.348 e. The molecule has 0 amide bonds. The van der Waals surface area contributed by atoms with Gasteiger partial charge in [-0.1, -0.05) is 77.8 Å². The fourth-order valence-corrected chi connectivity index (χ4v) is 1.73. The van der Waals surface area contributed by atoms with Crippen molar-refractivity contribution in [3.05, 3.63) is 52.8 Å². The molecule has 0 aliphatic carbocycles. The number of anilines is 1. The van der Waals surface area contributed by atoms with Crippen LogP contribution in [0.25, 0.3) is 0 Å². The maximum Gasteiger partial charge on any atom is 0.223 e. The number of rotatable bonds is 3. The van der Waals surface area contributed by atoms with Crippen LogP contribution in [0.2, 0.25) is 0 Å². The van der Waals surface area contributed by atoms with Gasteiger partial charge in [-0.3, -0.25) is 0 Å². The Balaban J connectivity index is 0. The summed E-state index contributed by atoms with van der Waals surface area (Å²) >= 11 is 0. The molecule has 142 valence electrons. The van der Waals surface area contributed by atoms with Crippen LogP contribution >= 0.6 is 0 Å². The lowest BCUT2D eigenvalue weighted by Gasteiger charge is -2.15. The van der Waals surface area contributed by atoms with Crippen molar-refractivity contribution >= 4 is 5.95 Å². The van der Waals surface area contributed by atoms with Gasteiger partial charge < -0.3 is 5.32 Å². The van der Waals surface area contributed by atoms with Crippen molar-refractivity contribution in [3.8, 4) is 0 Å². The molecule has 1 unspecified atom stereocenters. The Morgan fingerprint density at radius 3 is 1.84 bits per heavy atom. The fraction of sp³-hybridized carbons (Fsp3) is 0.545. The van der Waals surface area contributed by atoms with Gasteiger partial charge in [-0.15, -0.1) is 0 Å². The minimum atomic E-state index is 0.202. The number of nitrogens with zero attached hydrogens (tertiary/aromatic N) is 2. The lowest BCUT2D eigenvalue weighted by molar-refractivity contribution is 0.854. The standard InChI is InChI=1S/C15H19N3.C3H8.2C2H6/c1-10-5-7-14(8-6-10)13(4)18-15-16-9-11(2)12(3)17-15;1-3-2;2*1-2/h5-9,13H,1-4H3,(H,16,17,18);3H2,1-2H3;2*1-2H3. The van der Waals surface area contributed by atoms with E-state index in [0.29, 0.717) is 5.95 Å². The second-order valence-electron chi connectivity index (χ2n) is 5.45. The van der Waals surface area contributed by atoms with Gasteiger partial charge in [-0.2, -0.15) is 0 Å². The van der Waals surface area contributed by atoms with Gasteiger partial charge in [0.2, 0.25) is 5.95 Å². The molecular weight excluding hydrogens is 306 g/mol. The van der Waals surface area contributed by atoms with Crippen LogP contribution < -0.4 is 5.32 Å². The topological polar surface area (TPSA) is 37.8 Å². The molecule has 0 spiro atoms. The predicted molar refractivity (Wildman–Crippen MR) is 113 cm³/mol. The van der Waals surface area contributed by atoms with Crippen LogP contribution in [0.1, 0.15) is 83.3 Å². The Bertz CT molecular complexity index is 548. The summed E-state index contributed by atoms with van der Waals surface area (Å²) in [4.78, 5) is 8.73. The van der Waals surface area contributed by atoms with Crippen LogP contribution in [0, 0.1) is 20.8 Å². The minimum absolute atomic E-state index is 0.202. The molecule has 1 atom stereocenters. The van der Waals surface area contributed by atoms with Crippen molar-refractivity contribution in [1.82, 2.24) is 9.97 Å². The zero-order valence-electron chi connectivity index (χ0n) is 18.1. The van der Waals surface area contributed by atoms with E-state index in [2.05, 4.69) is 67.2 Å². The van der Waals surface area contributed by atoms with E-state index < -0.39 is 0 Å². The van der Waals surface area contributed by atoms with E-state index in [4.69, 9.17) is 0 Å². The summed E-state index contributed by atoms with van der Waals surface area (Å²) in [5.74, 6) is 0.686. The van der Waals surface area contributed by atoms with E-state index in [1.807, 2.05) is 47.7 Å². The molecule has 1 aromatic carbocycles. The highest BCUT2D eigenvalue weighted by Gasteiger charge is 2.07. The molecule has 2 rings (SSSR count). The molecule has 2 aromatic rings. The van der Waals surface area contributed by atoms with E-state index in [9.17, 15) is 0 Å². The van der Waals surface area contributed by atoms with E-state index in [1.54, 1.807) is 0 Å². The first-order valence-corrected chi connectivity index (χ1v) is 9.61. The van der Waals surface area contributed by atoms with Crippen LogP contribution in [-0.4, -0.2) is 9.97 Å². The molecule has 0 saturated heterocycles. The van der Waals surface area contributed by atoms with Crippen LogP contribution in [0.5, 0.6) is 0 Å². The highest BCUT2D eigenvalue weighted by Crippen LogP contribution is 2.17. The van der Waals surface area contributed by atoms with Crippen LogP contribution in [0.15, 0.2) is 30.5 Å². The third-order valence-corrected chi connectivity index (χ3v) is 3.15. The van der Waals surface area contributed by atoms with E-state index in [0.717, 1.165) is 11.3 Å². The second-order valence-corrected chi connectivity index (χ2v) is 5.45. The summed E-state index contributed by atoms with van der Waals surface area (Å²) in [7, 11) is 0. The monoisotopic (exact) mass is 345 g/mol. The van der Waals surface area contributed by atoms with Crippen molar-refractivity contribution in [2.24, 2.45) is 0 Å². The minimum Gasteiger partial charge on any atom is -0.348 e. The maximum absolute atomic E-state index is 4.43. The zero-order chi connectivity index (χ0) is 19.8. The van der Waals surface area contributed by atoms with Crippen LogP contribution in [-0.2, 0) is 0 Å². The van der Waals surface area contributed by atoms with Crippen molar-refractivity contribution in [3.63, 3.8) is 0 Å². The first kappa shape index (κ1) is 25.3. The van der Waals surface area contributed by atoms with Crippen LogP contribution in [0.3, 0.4) is 0 Å². The first-order valence-electron chi connectivity index (χ1n) is 9.61. The first-order chi connectivity index (χ1) is 12.0. The Morgan fingerprint density at radius 2 is 1.40 bits per heavy atom. The number of hydrogen-bond acceptors (Lipinski definition) is 3. The van der Waals surface area contributed by atoms with Gasteiger partial charge in [0.1, 0.15) is 0 Å². The number of hydrogen-bond donors (Lipinski definition) is 1. The molecule has 1 heterocycles. The maximum atomic E-state index is 4.43. The van der Waals surface area contributed by atoms with Crippen LogP contribution in [0.4, 0.5) is 5.95 Å². The molecule has 0 fully saturated rings. The van der Waals surface area contributed by atoms with Gasteiger partial charge >= 0.3 is 0 Å². The Kier molecular flexibility index (Phi) is 15.8. The third-order valence-electron chi connectivity index (χ3n) is 3.15. The molecule has 0 radical (unpaired) electrons. The number of benzene rings is 1. The number of nitrogens with one attached hydrogen (secondary N) is 1. The van der Waals surface area contributed by atoms with Crippen molar-refractivity contribution < 1.29 is 0 Å².